The lowest BCUT2D eigenvalue weighted by molar-refractivity contribution is 0.212. The van der Waals surface area contributed by atoms with E-state index in [9.17, 15) is 13.9 Å². The van der Waals surface area contributed by atoms with Crippen LogP contribution < -0.4 is 0 Å². The maximum Gasteiger partial charge on any atom is 0.164 e. The van der Waals surface area contributed by atoms with Crippen LogP contribution in [-0.2, 0) is 7.05 Å². The van der Waals surface area contributed by atoms with Crippen molar-refractivity contribution in [2.24, 2.45) is 7.05 Å². The number of halogens is 2. The van der Waals surface area contributed by atoms with Gasteiger partial charge in [0, 0.05) is 23.9 Å². The van der Waals surface area contributed by atoms with E-state index < -0.39 is 17.7 Å². The molecule has 90 valence electrons. The molecule has 0 amide bonds. The van der Waals surface area contributed by atoms with Gasteiger partial charge in [-0.3, -0.25) is 4.68 Å². The van der Waals surface area contributed by atoms with E-state index in [2.05, 4.69) is 5.10 Å². The Labute approximate surface area is 97.3 Å². The molecule has 0 radical (unpaired) electrons. The van der Waals surface area contributed by atoms with Crippen molar-refractivity contribution in [2.45, 2.75) is 13.0 Å². The van der Waals surface area contributed by atoms with Crippen LogP contribution in [0, 0.1) is 18.6 Å². The molecule has 3 nitrogen and oxygen atoms in total. The Bertz CT molecular complexity index is 551. The van der Waals surface area contributed by atoms with Gasteiger partial charge < -0.3 is 5.11 Å². The van der Waals surface area contributed by atoms with E-state index in [1.54, 1.807) is 18.7 Å². The third kappa shape index (κ3) is 1.93. The van der Waals surface area contributed by atoms with E-state index in [1.807, 2.05) is 0 Å². The fourth-order valence-electron chi connectivity index (χ4n) is 1.68. The summed E-state index contributed by atoms with van der Waals surface area (Å²) in [5, 5.41) is 14.0. The number of aryl methyl sites for hydroxylation is 1. The van der Waals surface area contributed by atoms with Gasteiger partial charge in [0.1, 0.15) is 6.10 Å². The van der Waals surface area contributed by atoms with Crippen LogP contribution in [0.15, 0.2) is 24.4 Å². The van der Waals surface area contributed by atoms with Crippen LogP contribution in [0.5, 0.6) is 0 Å². The van der Waals surface area contributed by atoms with Crippen LogP contribution in [0.4, 0.5) is 8.78 Å². The molecule has 1 heterocycles. The topological polar surface area (TPSA) is 38.1 Å². The Morgan fingerprint density at radius 1 is 1.29 bits per heavy atom. The number of aliphatic hydroxyl groups is 1. The minimum absolute atomic E-state index is 0.0823. The van der Waals surface area contributed by atoms with E-state index in [1.165, 1.54) is 18.3 Å². The predicted octanol–water partition coefficient (Wildman–Crippen LogP) is 2.09. The van der Waals surface area contributed by atoms with Gasteiger partial charge in [-0.05, 0) is 13.0 Å². The lowest BCUT2D eigenvalue weighted by Gasteiger charge is -2.11. The van der Waals surface area contributed by atoms with Gasteiger partial charge in [0.05, 0.1) is 6.20 Å². The van der Waals surface area contributed by atoms with Gasteiger partial charge in [-0.1, -0.05) is 12.1 Å². The molecule has 1 atom stereocenters. The smallest absolute Gasteiger partial charge is 0.164 e. The largest absolute Gasteiger partial charge is 0.383 e. The van der Waals surface area contributed by atoms with Crippen molar-refractivity contribution in [3.63, 3.8) is 0 Å². The quantitative estimate of drug-likeness (QED) is 0.870. The summed E-state index contributed by atoms with van der Waals surface area (Å²) < 4.78 is 28.1. The summed E-state index contributed by atoms with van der Waals surface area (Å²) in [5.41, 5.74) is 1.10. The highest BCUT2D eigenvalue weighted by atomic mass is 19.2. The second-order valence-corrected chi connectivity index (χ2v) is 3.85. The predicted molar refractivity (Wildman–Crippen MR) is 58.4 cm³/mol. The minimum Gasteiger partial charge on any atom is -0.383 e. The summed E-state index contributed by atoms with van der Waals surface area (Å²) in [7, 11) is 1.72. The second-order valence-electron chi connectivity index (χ2n) is 3.85. The molecule has 1 aromatic carbocycles. The van der Waals surface area contributed by atoms with Crippen LogP contribution in [-0.4, -0.2) is 14.9 Å². The summed E-state index contributed by atoms with van der Waals surface area (Å²) >= 11 is 0. The molecule has 0 aliphatic rings. The Hall–Kier alpha value is -1.75. The molecule has 1 aromatic heterocycles. The number of aromatic nitrogens is 2. The standard InChI is InChI=1S/C12H12F2N2O/c1-7-9(6-15-16(7)2)12(17)8-4-3-5-10(13)11(8)14/h3-6,12,17H,1-2H3. The van der Waals surface area contributed by atoms with Crippen molar-refractivity contribution >= 4 is 0 Å². The summed E-state index contributed by atoms with van der Waals surface area (Å²) in [6.07, 6.45) is 0.240. The molecule has 2 rings (SSSR count). The van der Waals surface area contributed by atoms with Crippen molar-refractivity contribution in [1.29, 1.82) is 0 Å². The highest BCUT2D eigenvalue weighted by molar-refractivity contribution is 5.32. The lowest BCUT2D eigenvalue weighted by Crippen LogP contribution is -2.05. The lowest BCUT2D eigenvalue weighted by atomic mass is 10.0. The van der Waals surface area contributed by atoms with E-state index in [-0.39, 0.29) is 5.56 Å². The Kier molecular flexibility index (Phi) is 2.93. The average molecular weight is 238 g/mol. The van der Waals surface area contributed by atoms with Crippen molar-refractivity contribution in [3.05, 3.63) is 52.9 Å². The fraction of sp³-hybridized carbons (Fsp3) is 0.250. The van der Waals surface area contributed by atoms with Crippen molar-refractivity contribution < 1.29 is 13.9 Å². The zero-order chi connectivity index (χ0) is 12.6. The van der Waals surface area contributed by atoms with Crippen LogP contribution in [0.25, 0.3) is 0 Å². The van der Waals surface area contributed by atoms with Crippen LogP contribution in [0.1, 0.15) is 22.9 Å². The molecule has 1 unspecified atom stereocenters. The third-order valence-electron chi connectivity index (χ3n) is 2.84. The Morgan fingerprint density at radius 2 is 2.00 bits per heavy atom. The zero-order valence-electron chi connectivity index (χ0n) is 9.48. The molecule has 0 saturated heterocycles. The number of nitrogens with zero attached hydrogens (tertiary/aromatic N) is 2. The van der Waals surface area contributed by atoms with Crippen molar-refractivity contribution in [1.82, 2.24) is 9.78 Å². The van der Waals surface area contributed by atoms with Gasteiger partial charge >= 0.3 is 0 Å². The normalized spacial score (nSPS) is 12.8. The number of rotatable bonds is 2. The maximum atomic E-state index is 13.5. The molecule has 0 aliphatic carbocycles. The van der Waals surface area contributed by atoms with E-state index >= 15 is 0 Å². The molecule has 0 saturated carbocycles. The number of hydrogen-bond acceptors (Lipinski definition) is 2. The summed E-state index contributed by atoms with van der Waals surface area (Å²) in [5.74, 6) is -1.99. The first-order valence-electron chi connectivity index (χ1n) is 5.13. The number of aliphatic hydroxyl groups excluding tert-OH is 1. The first-order chi connectivity index (χ1) is 8.02. The van der Waals surface area contributed by atoms with Crippen LogP contribution in [0.2, 0.25) is 0 Å². The van der Waals surface area contributed by atoms with Gasteiger partial charge in [-0.2, -0.15) is 5.10 Å². The van der Waals surface area contributed by atoms with Crippen molar-refractivity contribution in [2.75, 3.05) is 0 Å². The maximum absolute atomic E-state index is 13.5. The molecule has 0 bridgehead atoms. The highest BCUT2D eigenvalue weighted by Gasteiger charge is 2.20. The second kappa shape index (κ2) is 4.25. The average Bonchev–Trinajstić information content (AvgIpc) is 2.63. The third-order valence-corrected chi connectivity index (χ3v) is 2.84. The molecule has 1 N–H and O–H groups in total. The van der Waals surface area contributed by atoms with E-state index in [0.717, 1.165) is 6.07 Å². The van der Waals surface area contributed by atoms with Crippen molar-refractivity contribution in [3.8, 4) is 0 Å². The van der Waals surface area contributed by atoms with Crippen LogP contribution in [0.3, 0.4) is 0 Å². The molecule has 17 heavy (non-hydrogen) atoms. The van der Waals surface area contributed by atoms with Gasteiger partial charge in [0.2, 0.25) is 0 Å². The Morgan fingerprint density at radius 3 is 2.59 bits per heavy atom. The molecule has 0 fully saturated rings. The van der Waals surface area contributed by atoms with Gasteiger partial charge in [0.15, 0.2) is 11.6 Å². The van der Waals surface area contributed by atoms with E-state index in [0.29, 0.717) is 11.3 Å². The van der Waals surface area contributed by atoms with Gasteiger partial charge in [-0.25, -0.2) is 8.78 Å². The van der Waals surface area contributed by atoms with Gasteiger partial charge in [0.25, 0.3) is 0 Å². The summed E-state index contributed by atoms with van der Waals surface area (Å²) in [4.78, 5) is 0. The molecule has 2 aromatic rings. The van der Waals surface area contributed by atoms with E-state index in [4.69, 9.17) is 0 Å². The number of benzene rings is 1. The van der Waals surface area contributed by atoms with Gasteiger partial charge in [-0.15, -0.1) is 0 Å². The molecule has 0 spiro atoms. The SMILES string of the molecule is Cc1c(C(O)c2cccc(F)c2F)cnn1C. The first-order valence-corrected chi connectivity index (χ1v) is 5.13. The highest BCUT2D eigenvalue weighted by Crippen LogP contribution is 2.27. The molecular formula is C12H12F2N2O. The summed E-state index contributed by atoms with van der Waals surface area (Å²) in [6.45, 7) is 1.75. The first kappa shape index (κ1) is 11.7. The number of hydrogen-bond donors (Lipinski definition) is 1. The minimum atomic E-state index is -1.21. The zero-order valence-corrected chi connectivity index (χ0v) is 9.48. The fourth-order valence-corrected chi connectivity index (χ4v) is 1.68. The Balaban J connectivity index is 2.47. The molecule has 0 aliphatic heterocycles. The molecular weight excluding hydrogens is 226 g/mol. The van der Waals surface area contributed by atoms with Crippen LogP contribution >= 0.6 is 0 Å². The molecule has 5 heteroatoms. The summed E-state index contributed by atoms with van der Waals surface area (Å²) in [6, 6.07) is 3.74. The monoisotopic (exact) mass is 238 g/mol.